The van der Waals surface area contributed by atoms with Crippen LogP contribution in [0.25, 0.3) is 0 Å². The summed E-state index contributed by atoms with van der Waals surface area (Å²) in [5.74, 6) is 0.544. The molecule has 0 aromatic rings. The molecule has 1 saturated carbocycles. The van der Waals surface area contributed by atoms with Gasteiger partial charge in [-0.3, -0.25) is 4.90 Å². The van der Waals surface area contributed by atoms with Crippen LogP contribution < -0.4 is 0 Å². The van der Waals surface area contributed by atoms with Gasteiger partial charge in [0, 0.05) is 38.8 Å². The van der Waals surface area contributed by atoms with Crippen LogP contribution in [0.3, 0.4) is 0 Å². The highest BCUT2D eigenvalue weighted by Gasteiger charge is 2.30. The smallest absolute Gasteiger partial charge is 0.0474 e. The fourth-order valence-electron chi connectivity index (χ4n) is 3.04. The van der Waals surface area contributed by atoms with Crippen LogP contribution in [-0.4, -0.2) is 60.8 Å². The van der Waals surface area contributed by atoms with Gasteiger partial charge in [0.2, 0.25) is 0 Å². The first kappa shape index (κ1) is 11.4. The maximum Gasteiger partial charge on any atom is 0.0474 e. The van der Waals surface area contributed by atoms with Crippen molar-refractivity contribution in [3.8, 4) is 0 Å². The lowest BCUT2D eigenvalue weighted by molar-refractivity contribution is 0.0353. The van der Waals surface area contributed by atoms with Gasteiger partial charge < -0.3 is 10.0 Å². The zero-order chi connectivity index (χ0) is 10.7. The zero-order valence-electron chi connectivity index (χ0n) is 9.86. The van der Waals surface area contributed by atoms with Crippen molar-refractivity contribution in [1.82, 2.24) is 9.80 Å². The lowest BCUT2D eigenvalue weighted by atomic mass is 9.84. The van der Waals surface area contributed by atoms with E-state index < -0.39 is 0 Å². The standard InChI is InChI=1S/C12H24N2O/c1-13-6-8-14(9-7-13)12-5-3-2-4-11(12)10-15/h11-12,15H,2-10H2,1H3. The maximum absolute atomic E-state index is 9.41. The Morgan fingerprint density at radius 2 is 1.73 bits per heavy atom. The predicted octanol–water partition coefficient (Wildman–Crippen LogP) is 0.785. The lowest BCUT2D eigenvalue weighted by Crippen LogP contribution is -2.52. The van der Waals surface area contributed by atoms with E-state index in [1.807, 2.05) is 0 Å². The summed E-state index contributed by atoms with van der Waals surface area (Å²) in [7, 11) is 2.20. The van der Waals surface area contributed by atoms with E-state index in [2.05, 4.69) is 16.8 Å². The number of hydrogen-bond acceptors (Lipinski definition) is 3. The van der Waals surface area contributed by atoms with Crippen molar-refractivity contribution in [3.63, 3.8) is 0 Å². The topological polar surface area (TPSA) is 26.7 Å². The molecule has 1 saturated heterocycles. The highest BCUT2D eigenvalue weighted by Crippen LogP contribution is 2.28. The number of likely N-dealkylation sites (N-methyl/N-ethyl adjacent to an activating group) is 1. The molecule has 2 atom stereocenters. The average Bonchev–Trinajstić information content (AvgIpc) is 2.30. The van der Waals surface area contributed by atoms with Crippen LogP contribution in [0.4, 0.5) is 0 Å². The first-order valence-corrected chi connectivity index (χ1v) is 6.34. The lowest BCUT2D eigenvalue weighted by Gasteiger charge is -2.43. The zero-order valence-corrected chi connectivity index (χ0v) is 9.86. The van der Waals surface area contributed by atoms with Crippen molar-refractivity contribution in [3.05, 3.63) is 0 Å². The first-order valence-electron chi connectivity index (χ1n) is 6.34. The molecule has 3 heteroatoms. The van der Waals surface area contributed by atoms with E-state index in [0.717, 1.165) is 0 Å². The first-order chi connectivity index (χ1) is 7.31. The molecule has 88 valence electrons. The van der Waals surface area contributed by atoms with Gasteiger partial charge in [-0.15, -0.1) is 0 Å². The molecule has 0 radical (unpaired) electrons. The normalized spacial score (nSPS) is 35.6. The molecule has 15 heavy (non-hydrogen) atoms. The molecule has 1 N–H and O–H groups in total. The van der Waals surface area contributed by atoms with Crippen LogP contribution in [0, 0.1) is 5.92 Å². The summed E-state index contributed by atoms with van der Waals surface area (Å²) in [4.78, 5) is 5.01. The highest BCUT2D eigenvalue weighted by molar-refractivity contribution is 4.85. The minimum atomic E-state index is 0.386. The van der Waals surface area contributed by atoms with Crippen LogP contribution in [0.2, 0.25) is 0 Å². The molecule has 2 rings (SSSR count). The third-order valence-corrected chi connectivity index (χ3v) is 4.11. The second-order valence-corrected chi connectivity index (χ2v) is 5.13. The van der Waals surface area contributed by atoms with E-state index in [1.165, 1.54) is 51.9 Å². The fraction of sp³-hybridized carbons (Fsp3) is 1.00. The molecular formula is C12H24N2O. The molecule has 0 bridgehead atoms. The summed E-state index contributed by atoms with van der Waals surface area (Å²) in [5, 5.41) is 9.41. The van der Waals surface area contributed by atoms with Crippen molar-refractivity contribution in [2.24, 2.45) is 5.92 Å². The van der Waals surface area contributed by atoms with Crippen LogP contribution in [0.1, 0.15) is 25.7 Å². The van der Waals surface area contributed by atoms with Crippen LogP contribution in [-0.2, 0) is 0 Å². The van der Waals surface area contributed by atoms with Crippen molar-refractivity contribution in [2.45, 2.75) is 31.7 Å². The van der Waals surface area contributed by atoms with Gasteiger partial charge in [0.05, 0.1) is 0 Å². The van der Waals surface area contributed by atoms with Gasteiger partial charge in [-0.1, -0.05) is 12.8 Å². The Hall–Kier alpha value is -0.120. The molecule has 1 aliphatic carbocycles. The number of hydrogen-bond donors (Lipinski definition) is 1. The van der Waals surface area contributed by atoms with Crippen molar-refractivity contribution in [1.29, 1.82) is 0 Å². The fourth-order valence-corrected chi connectivity index (χ4v) is 3.04. The van der Waals surface area contributed by atoms with Gasteiger partial charge in [0.15, 0.2) is 0 Å². The Morgan fingerprint density at radius 3 is 2.40 bits per heavy atom. The Balaban J connectivity index is 1.90. The Kier molecular flexibility index (Phi) is 4.00. The Bertz CT molecular complexity index is 190. The quantitative estimate of drug-likeness (QED) is 0.733. The summed E-state index contributed by atoms with van der Waals surface area (Å²) in [6, 6.07) is 0.664. The molecule has 0 spiro atoms. The van der Waals surface area contributed by atoms with Gasteiger partial charge in [-0.25, -0.2) is 0 Å². The highest BCUT2D eigenvalue weighted by atomic mass is 16.3. The number of aliphatic hydroxyl groups excluding tert-OH is 1. The molecule has 2 fully saturated rings. The van der Waals surface area contributed by atoms with Crippen molar-refractivity contribution < 1.29 is 5.11 Å². The number of aliphatic hydroxyl groups is 1. The predicted molar refractivity (Wildman–Crippen MR) is 61.9 cm³/mol. The van der Waals surface area contributed by atoms with E-state index in [9.17, 15) is 5.11 Å². The summed E-state index contributed by atoms with van der Waals surface area (Å²) in [6.07, 6.45) is 5.20. The molecule has 0 amide bonds. The molecular weight excluding hydrogens is 188 g/mol. The number of rotatable bonds is 2. The van der Waals surface area contributed by atoms with Gasteiger partial charge >= 0.3 is 0 Å². The third kappa shape index (κ3) is 2.71. The van der Waals surface area contributed by atoms with Crippen molar-refractivity contribution >= 4 is 0 Å². The SMILES string of the molecule is CN1CCN(C2CCCCC2CO)CC1. The van der Waals surface area contributed by atoms with Crippen LogP contribution in [0.5, 0.6) is 0 Å². The molecule has 1 heterocycles. The summed E-state index contributed by atoms with van der Waals surface area (Å²) in [5.41, 5.74) is 0. The van der Waals surface area contributed by atoms with Crippen LogP contribution >= 0.6 is 0 Å². The maximum atomic E-state index is 9.41. The Morgan fingerprint density at radius 1 is 1.07 bits per heavy atom. The Labute approximate surface area is 93.1 Å². The molecule has 3 nitrogen and oxygen atoms in total. The second-order valence-electron chi connectivity index (χ2n) is 5.13. The monoisotopic (exact) mass is 212 g/mol. The summed E-state index contributed by atoms with van der Waals surface area (Å²) >= 11 is 0. The number of piperazine rings is 1. The van der Waals surface area contributed by atoms with Crippen LogP contribution in [0.15, 0.2) is 0 Å². The van der Waals surface area contributed by atoms with Gasteiger partial charge in [-0.05, 0) is 25.8 Å². The number of nitrogens with zero attached hydrogens (tertiary/aromatic N) is 2. The second kappa shape index (κ2) is 5.28. The van der Waals surface area contributed by atoms with E-state index in [4.69, 9.17) is 0 Å². The van der Waals surface area contributed by atoms with E-state index in [-0.39, 0.29) is 0 Å². The largest absolute Gasteiger partial charge is 0.396 e. The molecule has 2 unspecified atom stereocenters. The van der Waals surface area contributed by atoms with E-state index in [0.29, 0.717) is 18.6 Å². The summed E-state index contributed by atoms with van der Waals surface area (Å²) < 4.78 is 0. The van der Waals surface area contributed by atoms with E-state index in [1.54, 1.807) is 0 Å². The minimum Gasteiger partial charge on any atom is -0.396 e. The van der Waals surface area contributed by atoms with Gasteiger partial charge in [0.25, 0.3) is 0 Å². The molecule has 1 aliphatic heterocycles. The van der Waals surface area contributed by atoms with E-state index >= 15 is 0 Å². The molecule has 0 aromatic carbocycles. The average molecular weight is 212 g/mol. The molecule has 2 aliphatic rings. The van der Waals surface area contributed by atoms with Gasteiger partial charge in [-0.2, -0.15) is 0 Å². The van der Waals surface area contributed by atoms with Gasteiger partial charge in [0.1, 0.15) is 0 Å². The van der Waals surface area contributed by atoms with Crippen molar-refractivity contribution in [2.75, 3.05) is 39.8 Å². The third-order valence-electron chi connectivity index (χ3n) is 4.11. The minimum absolute atomic E-state index is 0.386. The summed E-state index contributed by atoms with van der Waals surface area (Å²) in [6.45, 7) is 5.15. The molecule has 0 aromatic heterocycles.